The Morgan fingerprint density at radius 1 is 0.534 bits per heavy atom. The highest BCUT2D eigenvalue weighted by atomic mass is 28.4. The molecule has 0 aliphatic heterocycles. The molecule has 15 heteroatoms. The number of rotatable bonds is 16. The maximum Gasteiger partial charge on any atom is 0.411 e. The number of carbonyl (C=O) groups excluding carboxylic acids is 2. The molecule has 3 rings (SSSR count). The van der Waals surface area contributed by atoms with Crippen LogP contribution in [0.4, 0.5) is 26.7 Å². The topological polar surface area (TPSA) is 147 Å². The molecule has 0 atom stereocenters. The number of ether oxygens (including phenoxy) is 2. The third-order valence-electron chi connectivity index (χ3n) is 11.9. The first-order valence-electron chi connectivity index (χ1n) is 19.8. The summed E-state index contributed by atoms with van der Waals surface area (Å²) >= 11 is 0. The molecule has 320 valence electrons. The smallest absolute Gasteiger partial charge is 0.411 e. The minimum Gasteiger partial charge on any atom is -0.444 e. The molecule has 58 heavy (non-hydrogen) atoms. The van der Waals surface area contributed by atoms with Gasteiger partial charge in [0.25, 0.3) is 5.69 Å². The zero-order valence-electron chi connectivity index (χ0n) is 37.4. The molecule has 3 aromatic rings. The van der Waals surface area contributed by atoms with Crippen LogP contribution in [0.2, 0.25) is 54.4 Å². The fourth-order valence-corrected chi connectivity index (χ4v) is 7.55. The van der Waals surface area contributed by atoms with Gasteiger partial charge in [-0.15, -0.1) is 0 Å². The van der Waals surface area contributed by atoms with Gasteiger partial charge < -0.3 is 22.8 Å². The molecule has 0 saturated heterocycles. The molecule has 0 unspecified atom stereocenters. The fraction of sp³-hybridized carbons (Fsp3) is 0.535. The number of benzene rings is 3. The number of anilines is 2. The van der Waals surface area contributed by atoms with E-state index in [1.54, 1.807) is 24.3 Å². The average molecular weight is 854 g/mol. The Kier molecular flexibility index (Phi) is 15.9. The van der Waals surface area contributed by atoms with Crippen molar-refractivity contribution in [3.05, 3.63) is 98.6 Å². The third kappa shape index (κ3) is 13.9. The summed E-state index contributed by atoms with van der Waals surface area (Å²) in [5.41, 5.74) is 4.91. The lowest BCUT2D eigenvalue weighted by molar-refractivity contribution is -0.384. The summed E-state index contributed by atoms with van der Waals surface area (Å²) < 4.78 is 30.8. The van der Waals surface area contributed by atoms with Crippen LogP contribution in [0.1, 0.15) is 90.1 Å². The number of nitro groups is 1. The second-order valence-corrected chi connectivity index (χ2v) is 33.9. The van der Waals surface area contributed by atoms with Crippen molar-refractivity contribution in [2.45, 2.75) is 150 Å². The van der Waals surface area contributed by atoms with Crippen LogP contribution in [-0.4, -0.2) is 42.1 Å². The van der Waals surface area contributed by atoms with Gasteiger partial charge in [-0.2, -0.15) is 0 Å². The molecule has 0 spiro atoms. The van der Waals surface area contributed by atoms with Crippen LogP contribution in [0.5, 0.6) is 0 Å². The molecule has 0 bridgehead atoms. The average Bonchev–Trinajstić information content (AvgIpc) is 3.10. The first-order valence-corrected chi connectivity index (χ1v) is 28.5. The third-order valence-corrected chi connectivity index (χ3v) is 25.3. The molecule has 0 aliphatic rings. The van der Waals surface area contributed by atoms with Gasteiger partial charge in [-0.3, -0.25) is 20.7 Å². The largest absolute Gasteiger partial charge is 0.444 e. The highest BCUT2D eigenvalue weighted by Gasteiger charge is 2.39. The summed E-state index contributed by atoms with van der Waals surface area (Å²) in [5, 5.41) is 16.8. The zero-order chi connectivity index (χ0) is 43.9. The van der Waals surface area contributed by atoms with Crippen LogP contribution in [0.25, 0.3) is 0 Å². The van der Waals surface area contributed by atoms with E-state index < -0.39 is 42.1 Å². The number of nitrogens with zero attached hydrogens (tertiary/aromatic N) is 1. The standard InChI is InChI=1S/C43H67N3O9Si3/c1-41(2,3)56(10,11)53-28-33-19-23-38(35(25-33)30-55-58(14,15)43(7,8)9)45-40(48)52-27-32-18-22-37(34(24-32)29-54-57(12,13)42(4,5)6)44-39(47)51-26-31-16-20-36(21-17-31)46(49)50/h16-25H,26-30H2,1-15H3,(H,44,47)(H,45,48). The highest BCUT2D eigenvalue weighted by molar-refractivity contribution is 6.74. The van der Waals surface area contributed by atoms with Crippen molar-refractivity contribution in [3.8, 4) is 0 Å². The van der Waals surface area contributed by atoms with E-state index in [-0.39, 0.29) is 40.6 Å². The lowest BCUT2D eigenvalue weighted by atomic mass is 10.1. The lowest BCUT2D eigenvalue weighted by Gasteiger charge is -2.36. The van der Waals surface area contributed by atoms with Crippen molar-refractivity contribution in [1.29, 1.82) is 0 Å². The molecule has 12 nitrogen and oxygen atoms in total. The van der Waals surface area contributed by atoms with Gasteiger partial charge in [0, 0.05) is 34.6 Å². The van der Waals surface area contributed by atoms with Crippen LogP contribution in [-0.2, 0) is 55.8 Å². The van der Waals surface area contributed by atoms with E-state index in [0.29, 0.717) is 41.3 Å². The Morgan fingerprint density at radius 2 is 0.862 bits per heavy atom. The van der Waals surface area contributed by atoms with Crippen molar-refractivity contribution in [2.75, 3.05) is 10.6 Å². The zero-order valence-corrected chi connectivity index (χ0v) is 40.4. The summed E-state index contributed by atoms with van der Waals surface area (Å²) in [5.74, 6) is 0. The monoisotopic (exact) mass is 853 g/mol. The van der Waals surface area contributed by atoms with E-state index >= 15 is 0 Å². The lowest BCUT2D eigenvalue weighted by Crippen LogP contribution is -2.40. The van der Waals surface area contributed by atoms with Gasteiger partial charge in [0.1, 0.15) is 13.2 Å². The van der Waals surface area contributed by atoms with Gasteiger partial charge in [-0.25, -0.2) is 9.59 Å². The first-order chi connectivity index (χ1) is 26.5. The van der Waals surface area contributed by atoms with Gasteiger partial charge in [0.15, 0.2) is 25.0 Å². The molecular formula is C43H67N3O9Si3. The summed E-state index contributed by atoms with van der Waals surface area (Å²) in [6.07, 6.45) is -1.31. The van der Waals surface area contributed by atoms with E-state index in [1.807, 2.05) is 24.3 Å². The quantitative estimate of drug-likeness (QED) is 0.0816. The van der Waals surface area contributed by atoms with Gasteiger partial charge in [0.05, 0.1) is 24.7 Å². The van der Waals surface area contributed by atoms with E-state index in [0.717, 1.165) is 11.1 Å². The number of non-ortho nitro benzene ring substituents is 1. The van der Waals surface area contributed by atoms with Crippen LogP contribution in [0.15, 0.2) is 60.7 Å². The molecule has 0 aromatic heterocycles. The van der Waals surface area contributed by atoms with Crippen molar-refractivity contribution < 1.29 is 37.3 Å². The van der Waals surface area contributed by atoms with E-state index in [1.165, 1.54) is 12.1 Å². The number of hydrogen-bond donors (Lipinski definition) is 2. The molecule has 0 aliphatic carbocycles. The maximum absolute atomic E-state index is 13.3. The number of nitrogens with one attached hydrogen (secondary N) is 2. The van der Waals surface area contributed by atoms with Crippen molar-refractivity contribution >= 4 is 54.2 Å². The van der Waals surface area contributed by atoms with Gasteiger partial charge in [-0.05, 0) is 107 Å². The van der Waals surface area contributed by atoms with Gasteiger partial charge in [-0.1, -0.05) is 74.4 Å². The Bertz CT molecular complexity index is 1900. The molecule has 2 amide bonds. The number of hydrogen-bond acceptors (Lipinski definition) is 9. The summed E-state index contributed by atoms with van der Waals surface area (Å²) in [4.78, 5) is 36.7. The van der Waals surface area contributed by atoms with Crippen molar-refractivity contribution in [3.63, 3.8) is 0 Å². The Morgan fingerprint density at radius 3 is 1.22 bits per heavy atom. The second kappa shape index (κ2) is 19.0. The predicted octanol–water partition coefficient (Wildman–Crippen LogP) is 12.7. The number of carbonyl (C=O) groups is 2. The summed E-state index contributed by atoms with van der Waals surface area (Å²) in [6, 6.07) is 17.1. The predicted molar refractivity (Wildman–Crippen MR) is 240 cm³/mol. The minimum absolute atomic E-state index is 0.0117. The molecule has 0 heterocycles. The summed E-state index contributed by atoms with van der Waals surface area (Å²) in [6.45, 7) is 33.8. The molecule has 3 aromatic carbocycles. The Hall–Kier alpha value is -3.87. The van der Waals surface area contributed by atoms with E-state index in [4.69, 9.17) is 22.8 Å². The molecule has 0 fully saturated rings. The second-order valence-electron chi connectivity index (χ2n) is 19.5. The van der Waals surface area contributed by atoms with E-state index in [2.05, 4.69) is 112 Å². The normalized spacial score (nSPS) is 12.9. The van der Waals surface area contributed by atoms with Crippen molar-refractivity contribution in [1.82, 2.24) is 0 Å². The molecular weight excluding hydrogens is 787 g/mol. The molecule has 0 radical (unpaired) electrons. The molecule has 0 saturated carbocycles. The fourth-order valence-electron chi connectivity index (χ4n) is 4.69. The van der Waals surface area contributed by atoms with Crippen LogP contribution in [0.3, 0.4) is 0 Å². The first kappa shape index (κ1) is 48.5. The summed E-state index contributed by atoms with van der Waals surface area (Å²) in [7, 11) is -6.28. The van der Waals surface area contributed by atoms with Crippen LogP contribution < -0.4 is 10.6 Å². The number of nitro benzene ring substituents is 1. The van der Waals surface area contributed by atoms with Crippen LogP contribution in [0, 0.1) is 10.1 Å². The van der Waals surface area contributed by atoms with Crippen LogP contribution >= 0.6 is 0 Å². The highest BCUT2D eigenvalue weighted by Crippen LogP contribution is 2.40. The minimum atomic E-state index is -2.18. The van der Waals surface area contributed by atoms with Gasteiger partial charge >= 0.3 is 12.2 Å². The molecule has 2 N–H and O–H groups in total. The van der Waals surface area contributed by atoms with Crippen molar-refractivity contribution in [2.24, 2.45) is 0 Å². The van der Waals surface area contributed by atoms with Gasteiger partial charge in [0.2, 0.25) is 0 Å². The van der Waals surface area contributed by atoms with E-state index in [9.17, 15) is 19.7 Å². The maximum atomic E-state index is 13.3. The Labute approximate surface area is 349 Å². The Balaban J connectivity index is 1.79. The SMILES string of the molecule is CC(C)(C)[Si](C)(C)OCc1ccc(NC(=O)OCc2ccc(NC(=O)OCc3ccc([N+](=O)[O-])cc3)c(CO[Si](C)(C)C(C)(C)C)c2)c(CO[Si](C)(C)C(C)(C)C)c1. The number of amides is 2.